The highest BCUT2D eigenvalue weighted by atomic mass is 16.2. The van der Waals surface area contributed by atoms with Gasteiger partial charge in [-0.15, -0.1) is 0 Å². The number of aryl methyl sites for hydroxylation is 1. The third-order valence-electron chi connectivity index (χ3n) is 2.65. The van der Waals surface area contributed by atoms with Gasteiger partial charge in [-0.25, -0.2) is 5.53 Å². The van der Waals surface area contributed by atoms with Gasteiger partial charge in [0.1, 0.15) is 6.04 Å². The van der Waals surface area contributed by atoms with Gasteiger partial charge in [0.2, 0.25) is 0 Å². The molecule has 1 aromatic rings. The molecule has 0 spiro atoms. The van der Waals surface area contributed by atoms with Crippen LogP contribution in [0.2, 0.25) is 0 Å². The first-order valence-electron chi connectivity index (χ1n) is 4.82. The highest BCUT2D eigenvalue weighted by Crippen LogP contribution is 2.24. The molecule has 15 heavy (non-hydrogen) atoms. The van der Waals surface area contributed by atoms with E-state index in [-0.39, 0.29) is 5.91 Å². The molecule has 0 aliphatic carbocycles. The van der Waals surface area contributed by atoms with Gasteiger partial charge in [0.05, 0.1) is 11.4 Å². The van der Waals surface area contributed by atoms with Crippen LogP contribution in [-0.2, 0) is 11.2 Å². The number of hydrogen-bond acceptors (Lipinski definition) is 4. The molecular formula is C10H12N4O. The molecule has 0 saturated heterocycles. The van der Waals surface area contributed by atoms with E-state index in [9.17, 15) is 4.79 Å². The number of anilines is 1. The van der Waals surface area contributed by atoms with Gasteiger partial charge in [-0.2, -0.15) is 5.11 Å². The van der Waals surface area contributed by atoms with Crippen molar-refractivity contribution in [3.05, 3.63) is 24.0 Å². The van der Waals surface area contributed by atoms with E-state index in [2.05, 4.69) is 10.1 Å². The summed E-state index contributed by atoms with van der Waals surface area (Å²) in [5, 5.41) is 3.35. The summed E-state index contributed by atoms with van der Waals surface area (Å²) in [4.78, 5) is 17.6. The first-order chi connectivity index (χ1) is 7.24. The normalized spacial score (nSPS) is 20.7. The Kier molecular flexibility index (Phi) is 2.45. The monoisotopic (exact) mass is 204 g/mol. The summed E-state index contributed by atoms with van der Waals surface area (Å²) in [5.74, 6) is -0.128. The van der Waals surface area contributed by atoms with E-state index in [1.165, 1.54) is 4.90 Å². The molecule has 78 valence electrons. The number of carbonyl (C=O) groups is 1. The summed E-state index contributed by atoms with van der Waals surface area (Å²) in [7, 11) is 1.70. The van der Waals surface area contributed by atoms with Crippen molar-refractivity contribution < 1.29 is 4.79 Å². The van der Waals surface area contributed by atoms with E-state index in [1.807, 2.05) is 6.07 Å². The van der Waals surface area contributed by atoms with E-state index < -0.39 is 6.04 Å². The maximum Gasteiger partial charge on any atom is 0.253 e. The molecule has 1 aliphatic rings. The van der Waals surface area contributed by atoms with E-state index in [1.54, 1.807) is 19.3 Å². The maximum atomic E-state index is 11.8. The first kappa shape index (κ1) is 9.76. The number of carbonyl (C=O) groups excluding carboxylic acids is 1. The minimum Gasteiger partial charge on any atom is -0.312 e. The predicted octanol–water partition coefficient (Wildman–Crippen LogP) is 1.39. The molecule has 0 saturated carbocycles. The highest BCUT2D eigenvalue weighted by molar-refractivity contribution is 5.97. The van der Waals surface area contributed by atoms with Gasteiger partial charge in [-0.3, -0.25) is 9.78 Å². The number of fused-ring (bicyclic) bond motifs is 1. The minimum atomic E-state index is -0.552. The average Bonchev–Trinajstić information content (AvgIpc) is 2.39. The van der Waals surface area contributed by atoms with E-state index in [0.29, 0.717) is 12.8 Å². The van der Waals surface area contributed by atoms with E-state index >= 15 is 0 Å². The molecule has 0 fully saturated rings. The predicted molar refractivity (Wildman–Crippen MR) is 54.9 cm³/mol. The van der Waals surface area contributed by atoms with Gasteiger partial charge in [0.25, 0.3) is 5.91 Å². The van der Waals surface area contributed by atoms with Gasteiger partial charge in [0.15, 0.2) is 0 Å². The number of nitrogens with one attached hydrogen (secondary N) is 1. The molecule has 5 heteroatoms. The molecule has 2 heterocycles. The zero-order valence-electron chi connectivity index (χ0n) is 8.47. The summed E-state index contributed by atoms with van der Waals surface area (Å²) in [6, 6.07) is 3.12. The van der Waals surface area contributed by atoms with Crippen LogP contribution in [0.3, 0.4) is 0 Å². The van der Waals surface area contributed by atoms with Crippen LogP contribution in [0.1, 0.15) is 12.1 Å². The smallest absolute Gasteiger partial charge is 0.253 e. The average molecular weight is 204 g/mol. The maximum absolute atomic E-state index is 11.8. The summed E-state index contributed by atoms with van der Waals surface area (Å²) < 4.78 is 0. The topological polar surface area (TPSA) is 69.4 Å². The van der Waals surface area contributed by atoms with E-state index in [4.69, 9.17) is 5.53 Å². The Bertz CT molecular complexity index is 404. The fourth-order valence-corrected chi connectivity index (χ4v) is 1.79. The molecule has 1 N–H and O–H groups in total. The minimum absolute atomic E-state index is 0.128. The van der Waals surface area contributed by atoms with Crippen molar-refractivity contribution in [1.82, 2.24) is 4.98 Å². The molecule has 0 aromatic carbocycles. The molecule has 1 amide bonds. The number of amides is 1. The lowest BCUT2D eigenvalue weighted by molar-refractivity contribution is -0.119. The number of aromatic nitrogens is 1. The summed E-state index contributed by atoms with van der Waals surface area (Å²) in [6.45, 7) is 0. The summed E-state index contributed by atoms with van der Waals surface area (Å²) >= 11 is 0. The largest absolute Gasteiger partial charge is 0.312 e. The molecule has 2 rings (SSSR count). The Labute approximate surface area is 87.6 Å². The Morgan fingerprint density at radius 3 is 3.20 bits per heavy atom. The van der Waals surface area contributed by atoms with Crippen molar-refractivity contribution in [3.8, 4) is 0 Å². The Hall–Kier alpha value is -1.78. The highest BCUT2D eigenvalue weighted by Gasteiger charge is 2.27. The van der Waals surface area contributed by atoms with Gasteiger partial charge >= 0.3 is 0 Å². The molecular weight excluding hydrogens is 192 g/mol. The van der Waals surface area contributed by atoms with Gasteiger partial charge in [0, 0.05) is 13.2 Å². The number of nitrogens with zero attached hydrogens (tertiary/aromatic N) is 3. The second-order valence-electron chi connectivity index (χ2n) is 3.55. The van der Waals surface area contributed by atoms with Crippen molar-refractivity contribution >= 4 is 11.6 Å². The lowest BCUT2D eigenvalue weighted by Gasteiger charge is -2.17. The number of pyridine rings is 1. The molecule has 0 radical (unpaired) electrons. The van der Waals surface area contributed by atoms with Gasteiger partial charge in [-0.05, 0) is 25.0 Å². The van der Waals surface area contributed by atoms with Crippen molar-refractivity contribution in [3.63, 3.8) is 0 Å². The lowest BCUT2D eigenvalue weighted by atomic mass is 10.1. The standard InChI is InChI=1S/C10H12N4O/c1-14-9-3-2-6-12-7(9)4-5-8(13-11)10(14)15/h2-3,6,8,11H,4-5H2,1H3. The summed E-state index contributed by atoms with van der Waals surface area (Å²) in [6.07, 6.45) is 2.98. The van der Waals surface area contributed by atoms with Crippen LogP contribution >= 0.6 is 0 Å². The molecule has 5 nitrogen and oxygen atoms in total. The molecule has 1 atom stereocenters. The van der Waals surface area contributed by atoms with Crippen molar-refractivity contribution in [2.45, 2.75) is 18.9 Å². The lowest BCUT2D eigenvalue weighted by Crippen LogP contribution is -2.33. The fourth-order valence-electron chi connectivity index (χ4n) is 1.79. The molecule has 0 bridgehead atoms. The zero-order chi connectivity index (χ0) is 10.8. The second kappa shape index (κ2) is 3.76. The molecule has 1 aromatic heterocycles. The number of rotatable bonds is 1. The van der Waals surface area contributed by atoms with Gasteiger partial charge < -0.3 is 4.90 Å². The van der Waals surface area contributed by atoms with Crippen LogP contribution in [0.25, 0.3) is 0 Å². The third kappa shape index (κ3) is 1.60. The van der Waals surface area contributed by atoms with Crippen LogP contribution in [0, 0.1) is 5.53 Å². The zero-order valence-corrected chi connectivity index (χ0v) is 8.47. The molecule has 1 unspecified atom stereocenters. The summed E-state index contributed by atoms with van der Waals surface area (Å²) in [5.41, 5.74) is 8.71. The van der Waals surface area contributed by atoms with Crippen molar-refractivity contribution in [1.29, 1.82) is 5.53 Å². The van der Waals surface area contributed by atoms with Gasteiger partial charge in [-0.1, -0.05) is 0 Å². The molecule has 1 aliphatic heterocycles. The third-order valence-corrected chi connectivity index (χ3v) is 2.65. The van der Waals surface area contributed by atoms with Crippen molar-refractivity contribution in [2.75, 3.05) is 11.9 Å². The van der Waals surface area contributed by atoms with Crippen LogP contribution in [-0.4, -0.2) is 24.0 Å². The first-order valence-corrected chi connectivity index (χ1v) is 4.82. The fraction of sp³-hybridized carbons (Fsp3) is 0.400. The van der Waals surface area contributed by atoms with E-state index in [0.717, 1.165) is 11.4 Å². The number of hydrogen-bond donors (Lipinski definition) is 1. The Morgan fingerprint density at radius 2 is 2.47 bits per heavy atom. The van der Waals surface area contributed by atoms with Crippen LogP contribution in [0.4, 0.5) is 5.69 Å². The Morgan fingerprint density at radius 1 is 1.67 bits per heavy atom. The van der Waals surface area contributed by atoms with Crippen molar-refractivity contribution in [2.24, 2.45) is 5.11 Å². The SMILES string of the molecule is CN1C(=O)C(N=N)CCc2ncccc21. The van der Waals surface area contributed by atoms with Crippen LogP contribution in [0.15, 0.2) is 23.4 Å². The van der Waals surface area contributed by atoms with Crippen LogP contribution < -0.4 is 4.90 Å². The second-order valence-corrected chi connectivity index (χ2v) is 3.55. The van der Waals surface area contributed by atoms with Crippen LogP contribution in [0.5, 0.6) is 0 Å². The quantitative estimate of drug-likeness (QED) is 0.702. The number of likely N-dealkylation sites (N-methyl/N-ethyl adjacent to an activating group) is 1. The Balaban J connectivity index is 2.43.